The first-order valence-electron chi connectivity index (χ1n) is 6.88. The summed E-state index contributed by atoms with van der Waals surface area (Å²) in [5.41, 5.74) is 7.66. The Morgan fingerprint density at radius 2 is 2.05 bits per heavy atom. The molecular weight excluding hydrogens is 238 g/mol. The van der Waals surface area contributed by atoms with Crippen molar-refractivity contribution >= 4 is 11.7 Å². The van der Waals surface area contributed by atoms with E-state index in [1.165, 1.54) is 0 Å². The molecular formula is C15H25N3O. The molecule has 19 heavy (non-hydrogen) atoms. The highest BCUT2D eigenvalue weighted by Crippen LogP contribution is 2.16. The van der Waals surface area contributed by atoms with Gasteiger partial charge in [-0.05, 0) is 44.9 Å². The van der Waals surface area contributed by atoms with Crippen LogP contribution in [-0.4, -0.2) is 23.5 Å². The zero-order valence-corrected chi connectivity index (χ0v) is 12.3. The van der Waals surface area contributed by atoms with Gasteiger partial charge in [0.1, 0.15) is 0 Å². The summed E-state index contributed by atoms with van der Waals surface area (Å²) in [4.78, 5) is 14.0. The molecule has 0 aromatic heterocycles. The Bertz CT molecular complexity index is 416. The van der Waals surface area contributed by atoms with Crippen molar-refractivity contribution < 1.29 is 4.79 Å². The standard InChI is InChI=1S/C15H25N3O/c1-5-9-18(11(2)3)15(19)17-14-8-6-7-13(10-14)12(4)16/h6-8,10-12H,5,9,16H2,1-4H3,(H,17,19). The van der Waals surface area contributed by atoms with E-state index in [-0.39, 0.29) is 18.1 Å². The molecule has 106 valence electrons. The van der Waals surface area contributed by atoms with E-state index < -0.39 is 0 Å². The predicted octanol–water partition coefficient (Wildman–Crippen LogP) is 3.36. The summed E-state index contributed by atoms with van der Waals surface area (Å²) in [5, 5.41) is 2.93. The summed E-state index contributed by atoms with van der Waals surface area (Å²) in [6.45, 7) is 8.80. The number of anilines is 1. The van der Waals surface area contributed by atoms with E-state index >= 15 is 0 Å². The quantitative estimate of drug-likeness (QED) is 0.855. The fourth-order valence-corrected chi connectivity index (χ4v) is 1.93. The SMILES string of the molecule is CCCN(C(=O)Nc1cccc(C(C)N)c1)C(C)C. The molecule has 2 amide bonds. The first-order chi connectivity index (χ1) is 8.95. The molecule has 1 aromatic carbocycles. The highest BCUT2D eigenvalue weighted by atomic mass is 16.2. The maximum absolute atomic E-state index is 12.2. The van der Waals surface area contributed by atoms with E-state index in [0.717, 1.165) is 24.2 Å². The third-order valence-electron chi connectivity index (χ3n) is 3.01. The number of benzene rings is 1. The molecule has 0 bridgehead atoms. The molecule has 3 N–H and O–H groups in total. The average Bonchev–Trinajstić information content (AvgIpc) is 2.35. The molecule has 0 heterocycles. The van der Waals surface area contributed by atoms with E-state index in [1.54, 1.807) is 0 Å². The van der Waals surface area contributed by atoms with Gasteiger partial charge in [-0.25, -0.2) is 4.79 Å². The fourth-order valence-electron chi connectivity index (χ4n) is 1.93. The lowest BCUT2D eigenvalue weighted by Crippen LogP contribution is -2.40. The van der Waals surface area contributed by atoms with Gasteiger partial charge >= 0.3 is 6.03 Å². The van der Waals surface area contributed by atoms with Crippen LogP contribution in [0, 0.1) is 0 Å². The molecule has 0 radical (unpaired) electrons. The van der Waals surface area contributed by atoms with E-state index in [4.69, 9.17) is 5.73 Å². The third-order valence-corrected chi connectivity index (χ3v) is 3.01. The highest BCUT2D eigenvalue weighted by Gasteiger charge is 2.16. The lowest BCUT2D eigenvalue weighted by Gasteiger charge is -2.26. The molecule has 0 aliphatic rings. The van der Waals surface area contributed by atoms with Crippen LogP contribution < -0.4 is 11.1 Å². The summed E-state index contributed by atoms with van der Waals surface area (Å²) in [6.07, 6.45) is 0.950. The smallest absolute Gasteiger partial charge is 0.322 e. The number of nitrogens with two attached hydrogens (primary N) is 1. The normalized spacial score (nSPS) is 12.3. The molecule has 0 aliphatic carbocycles. The number of nitrogens with zero attached hydrogens (tertiary/aromatic N) is 1. The second kappa shape index (κ2) is 7.14. The van der Waals surface area contributed by atoms with Gasteiger partial charge in [0.2, 0.25) is 0 Å². The van der Waals surface area contributed by atoms with Gasteiger partial charge in [-0.1, -0.05) is 19.1 Å². The molecule has 4 heteroatoms. The minimum atomic E-state index is -0.0568. The summed E-state index contributed by atoms with van der Waals surface area (Å²) < 4.78 is 0. The molecule has 0 spiro atoms. The fraction of sp³-hybridized carbons (Fsp3) is 0.533. The predicted molar refractivity (Wildman–Crippen MR) is 80.2 cm³/mol. The molecule has 0 saturated carbocycles. The van der Waals surface area contributed by atoms with Crippen molar-refractivity contribution in [3.63, 3.8) is 0 Å². The molecule has 0 fully saturated rings. The van der Waals surface area contributed by atoms with Crippen LogP contribution in [-0.2, 0) is 0 Å². The topological polar surface area (TPSA) is 58.4 Å². The van der Waals surface area contributed by atoms with E-state index in [1.807, 2.05) is 49.9 Å². The number of hydrogen-bond donors (Lipinski definition) is 2. The van der Waals surface area contributed by atoms with E-state index in [0.29, 0.717) is 0 Å². The monoisotopic (exact) mass is 263 g/mol. The number of hydrogen-bond acceptors (Lipinski definition) is 2. The van der Waals surface area contributed by atoms with Crippen LogP contribution in [0.3, 0.4) is 0 Å². The zero-order valence-electron chi connectivity index (χ0n) is 12.3. The summed E-state index contributed by atoms with van der Waals surface area (Å²) in [7, 11) is 0. The number of urea groups is 1. The van der Waals surface area contributed by atoms with Crippen molar-refractivity contribution in [2.24, 2.45) is 5.73 Å². The van der Waals surface area contributed by atoms with Crippen LogP contribution in [0.1, 0.15) is 45.7 Å². The van der Waals surface area contributed by atoms with Crippen molar-refractivity contribution in [2.75, 3.05) is 11.9 Å². The number of carbonyl (C=O) groups excluding carboxylic acids is 1. The van der Waals surface area contributed by atoms with Crippen molar-refractivity contribution in [3.05, 3.63) is 29.8 Å². The maximum Gasteiger partial charge on any atom is 0.322 e. The highest BCUT2D eigenvalue weighted by molar-refractivity contribution is 5.89. The Hall–Kier alpha value is -1.55. The molecule has 0 saturated heterocycles. The van der Waals surface area contributed by atoms with Crippen LogP contribution in [0.25, 0.3) is 0 Å². The Kier molecular flexibility index (Phi) is 5.83. The molecule has 1 aromatic rings. The first kappa shape index (κ1) is 15.5. The Morgan fingerprint density at radius 3 is 2.58 bits per heavy atom. The first-order valence-corrected chi connectivity index (χ1v) is 6.88. The van der Waals surface area contributed by atoms with Gasteiger partial charge < -0.3 is 16.0 Å². The number of amides is 2. The zero-order chi connectivity index (χ0) is 14.4. The van der Waals surface area contributed by atoms with Gasteiger partial charge in [-0.2, -0.15) is 0 Å². The summed E-state index contributed by atoms with van der Waals surface area (Å²) in [5.74, 6) is 0. The molecule has 4 nitrogen and oxygen atoms in total. The number of carbonyl (C=O) groups is 1. The van der Waals surface area contributed by atoms with Crippen LogP contribution in [0.4, 0.5) is 10.5 Å². The van der Waals surface area contributed by atoms with E-state index in [2.05, 4.69) is 12.2 Å². The lowest BCUT2D eigenvalue weighted by atomic mass is 10.1. The second-order valence-corrected chi connectivity index (χ2v) is 5.13. The minimum Gasteiger partial charge on any atom is -0.324 e. The molecule has 1 atom stereocenters. The molecule has 0 aliphatic heterocycles. The average molecular weight is 263 g/mol. The Morgan fingerprint density at radius 1 is 1.37 bits per heavy atom. The number of rotatable bonds is 5. The van der Waals surface area contributed by atoms with Crippen molar-refractivity contribution in [1.82, 2.24) is 4.90 Å². The van der Waals surface area contributed by atoms with Crippen molar-refractivity contribution in [2.45, 2.75) is 46.2 Å². The van der Waals surface area contributed by atoms with Gasteiger partial charge in [-0.3, -0.25) is 0 Å². The van der Waals surface area contributed by atoms with Crippen LogP contribution >= 0.6 is 0 Å². The van der Waals surface area contributed by atoms with Crippen LogP contribution in [0.15, 0.2) is 24.3 Å². The molecule has 1 rings (SSSR count). The van der Waals surface area contributed by atoms with Gasteiger partial charge in [-0.15, -0.1) is 0 Å². The van der Waals surface area contributed by atoms with Crippen LogP contribution in [0.2, 0.25) is 0 Å². The van der Waals surface area contributed by atoms with Gasteiger partial charge in [0.15, 0.2) is 0 Å². The third kappa shape index (κ3) is 4.56. The lowest BCUT2D eigenvalue weighted by molar-refractivity contribution is 0.197. The van der Waals surface area contributed by atoms with Gasteiger partial charge in [0.25, 0.3) is 0 Å². The minimum absolute atomic E-state index is 0.0336. The van der Waals surface area contributed by atoms with E-state index in [9.17, 15) is 4.79 Å². The Labute approximate surface area is 116 Å². The largest absolute Gasteiger partial charge is 0.324 e. The van der Waals surface area contributed by atoms with Crippen molar-refractivity contribution in [3.8, 4) is 0 Å². The number of nitrogens with one attached hydrogen (secondary N) is 1. The van der Waals surface area contributed by atoms with Crippen molar-refractivity contribution in [1.29, 1.82) is 0 Å². The maximum atomic E-state index is 12.2. The summed E-state index contributed by atoms with van der Waals surface area (Å²) >= 11 is 0. The van der Waals surface area contributed by atoms with Gasteiger partial charge in [0, 0.05) is 24.3 Å². The van der Waals surface area contributed by atoms with Gasteiger partial charge in [0.05, 0.1) is 0 Å². The second-order valence-electron chi connectivity index (χ2n) is 5.13. The molecule has 1 unspecified atom stereocenters. The van der Waals surface area contributed by atoms with Crippen LogP contribution in [0.5, 0.6) is 0 Å². The summed E-state index contributed by atoms with van der Waals surface area (Å²) in [6, 6.07) is 7.78. The Balaban J connectivity index is 2.77.